The number of ether oxygens (including phenoxy) is 1. The average molecular weight is 353 g/mol. The second kappa shape index (κ2) is 6.45. The van der Waals surface area contributed by atoms with E-state index in [-0.39, 0.29) is 11.7 Å². The van der Waals surface area contributed by atoms with Gasteiger partial charge in [0, 0.05) is 0 Å². The fourth-order valence-corrected chi connectivity index (χ4v) is 2.63. The summed E-state index contributed by atoms with van der Waals surface area (Å²) in [7, 11) is -0.196. The third-order valence-electron chi connectivity index (χ3n) is 2.30. The van der Waals surface area contributed by atoms with Crippen LogP contribution < -0.4 is 9.46 Å². The highest BCUT2D eigenvalue weighted by molar-refractivity contribution is 9.10. The highest BCUT2D eigenvalue weighted by Gasteiger charge is 2.14. The van der Waals surface area contributed by atoms with Gasteiger partial charge in [0.05, 0.1) is 23.8 Å². The molecule has 0 radical (unpaired) electrons. The lowest BCUT2D eigenvalue weighted by molar-refractivity contribution is 0.397. The minimum Gasteiger partial charge on any atom is -0.478 e. The number of hydrogen-bond donors (Lipinski definition) is 1. The normalized spacial score (nSPS) is 11.4. The summed E-state index contributed by atoms with van der Waals surface area (Å²) >= 11 is 3.17. The number of halogens is 1. The molecule has 0 aliphatic carbocycles. The molecule has 0 aliphatic rings. The van der Waals surface area contributed by atoms with Crippen LogP contribution in [0, 0.1) is 11.3 Å². The van der Waals surface area contributed by atoms with Gasteiger partial charge < -0.3 is 4.74 Å². The lowest BCUT2D eigenvalue weighted by Gasteiger charge is -2.09. The van der Waals surface area contributed by atoms with Crippen molar-refractivity contribution in [2.24, 2.45) is 0 Å². The number of nitrogens with one attached hydrogen (secondary N) is 1. The summed E-state index contributed by atoms with van der Waals surface area (Å²) in [5.41, 5.74) is 0.336. The smallest absolute Gasteiger partial charge is 0.259 e. The summed E-state index contributed by atoms with van der Waals surface area (Å²) in [6, 6.07) is 8.62. The number of anilines is 1. The van der Waals surface area contributed by atoms with Gasteiger partial charge in [-0.25, -0.2) is 14.2 Å². The Morgan fingerprint density at radius 1 is 1.45 bits per heavy atom. The third kappa shape index (κ3) is 3.12. The Bertz CT molecular complexity index is 702. The molecule has 1 aromatic carbocycles. The molecule has 0 amide bonds. The maximum Gasteiger partial charge on any atom is 0.259 e. The van der Waals surface area contributed by atoms with Gasteiger partial charge in [-0.2, -0.15) is 5.26 Å². The quantitative estimate of drug-likeness (QED) is 0.911. The second-order valence-corrected chi connectivity index (χ2v) is 5.52. The molecular formula is C12H9BrN4O2S. The topological polar surface area (TPSA) is 87.9 Å². The van der Waals surface area contributed by atoms with Crippen molar-refractivity contribution in [3.8, 4) is 11.9 Å². The molecule has 20 heavy (non-hydrogen) atoms. The van der Waals surface area contributed by atoms with Crippen LogP contribution in [0.25, 0.3) is 0 Å². The fraction of sp³-hybridized carbons (Fsp3) is 0.0833. The van der Waals surface area contributed by atoms with E-state index < -0.39 is 11.0 Å². The fourth-order valence-electron chi connectivity index (χ4n) is 1.43. The zero-order valence-electron chi connectivity index (χ0n) is 10.3. The number of aromatic nitrogens is 2. The predicted octanol–water partition coefficient (Wildman–Crippen LogP) is 2.25. The van der Waals surface area contributed by atoms with Gasteiger partial charge in [-0.1, -0.05) is 12.1 Å². The average Bonchev–Trinajstić information content (AvgIpc) is 2.48. The lowest BCUT2D eigenvalue weighted by atomic mass is 10.2. The first-order valence-corrected chi connectivity index (χ1v) is 7.34. The van der Waals surface area contributed by atoms with Crippen LogP contribution in [0.2, 0.25) is 0 Å². The van der Waals surface area contributed by atoms with Crippen LogP contribution in [0.4, 0.5) is 5.82 Å². The Balaban J connectivity index is 2.31. The van der Waals surface area contributed by atoms with Gasteiger partial charge in [0.1, 0.15) is 10.7 Å². The molecule has 1 unspecified atom stereocenters. The van der Waals surface area contributed by atoms with Gasteiger partial charge in [-0.05, 0) is 28.1 Å². The highest BCUT2D eigenvalue weighted by Crippen LogP contribution is 2.23. The zero-order chi connectivity index (χ0) is 14.5. The van der Waals surface area contributed by atoms with E-state index in [0.717, 1.165) is 0 Å². The number of nitrogens with zero attached hydrogens (tertiary/aromatic N) is 3. The Morgan fingerprint density at radius 3 is 2.90 bits per heavy atom. The SMILES string of the molecule is COc1nc(Br)cnc1NS(=O)c1ccccc1C#N. The molecule has 0 aliphatic heterocycles. The second-order valence-electron chi connectivity index (χ2n) is 3.53. The molecule has 102 valence electrons. The van der Waals surface area contributed by atoms with Crippen molar-refractivity contribution in [1.82, 2.24) is 9.97 Å². The molecule has 0 spiro atoms. The molecule has 0 saturated heterocycles. The van der Waals surface area contributed by atoms with E-state index in [2.05, 4.69) is 30.6 Å². The molecular weight excluding hydrogens is 344 g/mol. The molecule has 1 atom stereocenters. The van der Waals surface area contributed by atoms with Crippen LogP contribution in [0.5, 0.6) is 5.88 Å². The predicted molar refractivity (Wildman–Crippen MR) is 77.5 cm³/mol. The number of methoxy groups -OCH3 is 1. The monoisotopic (exact) mass is 352 g/mol. The van der Waals surface area contributed by atoms with E-state index in [4.69, 9.17) is 10.00 Å². The van der Waals surface area contributed by atoms with Gasteiger partial charge in [0.25, 0.3) is 5.88 Å². The van der Waals surface area contributed by atoms with E-state index in [1.165, 1.54) is 13.3 Å². The Hall–Kier alpha value is -1.98. The van der Waals surface area contributed by atoms with Crippen molar-refractivity contribution in [1.29, 1.82) is 5.26 Å². The Kier molecular flexibility index (Phi) is 4.65. The van der Waals surface area contributed by atoms with E-state index in [1.807, 2.05) is 6.07 Å². The minimum absolute atomic E-state index is 0.210. The molecule has 0 saturated carbocycles. The third-order valence-corrected chi connectivity index (χ3v) is 3.82. The first-order chi connectivity index (χ1) is 9.65. The Labute approximate surface area is 126 Å². The summed E-state index contributed by atoms with van der Waals surface area (Å²) in [4.78, 5) is 8.48. The highest BCUT2D eigenvalue weighted by atomic mass is 79.9. The summed E-state index contributed by atoms with van der Waals surface area (Å²) < 4.78 is 20.5. The van der Waals surface area contributed by atoms with Crippen LogP contribution >= 0.6 is 15.9 Å². The number of benzene rings is 1. The Morgan fingerprint density at radius 2 is 2.20 bits per heavy atom. The van der Waals surface area contributed by atoms with Gasteiger partial charge in [-0.3, -0.25) is 4.72 Å². The lowest BCUT2D eigenvalue weighted by Crippen LogP contribution is -2.09. The van der Waals surface area contributed by atoms with E-state index in [9.17, 15) is 4.21 Å². The molecule has 1 aromatic heterocycles. The van der Waals surface area contributed by atoms with Crippen molar-refractivity contribution >= 4 is 32.7 Å². The molecule has 1 N–H and O–H groups in total. The van der Waals surface area contributed by atoms with E-state index >= 15 is 0 Å². The van der Waals surface area contributed by atoms with Crippen molar-refractivity contribution in [3.63, 3.8) is 0 Å². The largest absolute Gasteiger partial charge is 0.478 e. The maximum atomic E-state index is 12.3. The molecule has 1 heterocycles. The zero-order valence-corrected chi connectivity index (χ0v) is 12.7. The molecule has 8 heteroatoms. The van der Waals surface area contributed by atoms with Crippen LogP contribution in [-0.4, -0.2) is 21.3 Å². The van der Waals surface area contributed by atoms with Gasteiger partial charge >= 0.3 is 0 Å². The maximum absolute atomic E-state index is 12.3. The van der Waals surface area contributed by atoms with Gasteiger partial charge in [0.2, 0.25) is 5.82 Å². The first-order valence-electron chi connectivity index (χ1n) is 5.39. The summed E-state index contributed by atoms with van der Waals surface area (Å²) in [5, 5.41) is 9.00. The first kappa shape index (κ1) is 14.4. The molecule has 0 bridgehead atoms. The molecule has 6 nitrogen and oxygen atoms in total. The standard InChI is InChI=1S/C12H9BrN4O2S/c1-19-12-11(15-7-10(13)16-12)17-20(18)9-5-3-2-4-8(9)6-14/h2-5,7H,1H3,(H,15,17). The van der Waals surface area contributed by atoms with Crippen molar-refractivity contribution in [2.45, 2.75) is 4.90 Å². The van der Waals surface area contributed by atoms with Gasteiger partial charge in [0.15, 0.2) is 11.0 Å². The van der Waals surface area contributed by atoms with Crippen LogP contribution in [-0.2, 0) is 11.0 Å². The minimum atomic E-state index is -1.63. The molecule has 2 rings (SSSR count). The molecule has 2 aromatic rings. The van der Waals surface area contributed by atoms with Crippen LogP contribution in [0.1, 0.15) is 5.56 Å². The van der Waals surface area contributed by atoms with E-state index in [1.54, 1.807) is 24.3 Å². The van der Waals surface area contributed by atoms with Crippen LogP contribution in [0.3, 0.4) is 0 Å². The number of nitriles is 1. The van der Waals surface area contributed by atoms with Gasteiger partial charge in [-0.15, -0.1) is 0 Å². The van der Waals surface area contributed by atoms with E-state index in [0.29, 0.717) is 15.1 Å². The van der Waals surface area contributed by atoms with Crippen molar-refractivity contribution in [2.75, 3.05) is 11.8 Å². The summed E-state index contributed by atoms with van der Waals surface area (Å²) in [5.74, 6) is 0.448. The number of rotatable bonds is 4. The van der Waals surface area contributed by atoms with Crippen molar-refractivity contribution in [3.05, 3.63) is 40.6 Å². The molecule has 0 fully saturated rings. The van der Waals surface area contributed by atoms with Crippen molar-refractivity contribution < 1.29 is 8.95 Å². The van der Waals surface area contributed by atoms with Crippen LogP contribution in [0.15, 0.2) is 40.0 Å². The summed E-state index contributed by atoms with van der Waals surface area (Å²) in [6.07, 6.45) is 1.46. The number of hydrogen-bond acceptors (Lipinski definition) is 5. The summed E-state index contributed by atoms with van der Waals surface area (Å²) in [6.45, 7) is 0.